The molecule has 0 bridgehead atoms. The molecule has 0 aliphatic rings. The molecule has 2 rings (SSSR count). The lowest BCUT2D eigenvalue weighted by atomic mass is 10.2. The number of nitrogens with zero attached hydrogens (tertiary/aromatic N) is 1. The molecule has 0 saturated heterocycles. The van der Waals surface area contributed by atoms with Gasteiger partial charge in [-0.2, -0.15) is 0 Å². The molecule has 26 heavy (non-hydrogen) atoms. The van der Waals surface area contributed by atoms with Crippen LogP contribution in [0.3, 0.4) is 0 Å². The lowest BCUT2D eigenvalue weighted by Gasteiger charge is -2.25. The van der Waals surface area contributed by atoms with Crippen molar-refractivity contribution in [3.63, 3.8) is 0 Å². The molecule has 2 aromatic rings. The first kappa shape index (κ1) is 19.9. The summed E-state index contributed by atoms with van der Waals surface area (Å²) in [7, 11) is -2.88. The number of thioether (sulfide) groups is 1. The lowest BCUT2D eigenvalue weighted by molar-refractivity contribution is -0.131. The highest BCUT2D eigenvalue weighted by molar-refractivity contribution is 7.98. The molecule has 1 N–H and O–H groups in total. The maximum atomic E-state index is 11.8. The number of rotatable bonds is 8. The Kier molecular flexibility index (Phi) is 7.11. The zero-order valence-electron chi connectivity index (χ0n) is 14.3. The normalized spacial score (nSPS) is 11.0. The molecule has 0 aliphatic carbocycles. The van der Waals surface area contributed by atoms with E-state index in [4.69, 9.17) is 9.84 Å². The molecule has 0 amide bonds. The molecule has 0 aliphatic heterocycles. The van der Waals surface area contributed by atoms with Gasteiger partial charge in [0.05, 0.1) is 27.8 Å². The summed E-state index contributed by atoms with van der Waals surface area (Å²) in [6.45, 7) is 2.51. The van der Waals surface area contributed by atoms with E-state index in [0.717, 1.165) is 18.0 Å². The molecule has 0 fully saturated rings. The first-order valence-corrected chi connectivity index (χ1v) is 10.1. The van der Waals surface area contributed by atoms with Gasteiger partial charge in [0.15, 0.2) is 10.7 Å². The van der Waals surface area contributed by atoms with Crippen LogP contribution < -0.4 is 9.64 Å². The number of para-hydroxylation sites is 1. The molecule has 0 atom stereocenters. The van der Waals surface area contributed by atoms with Crippen molar-refractivity contribution in [1.82, 2.24) is 0 Å². The third-order valence-corrected chi connectivity index (χ3v) is 5.05. The molecule has 0 heterocycles. The Morgan fingerprint density at radius 3 is 2.50 bits per heavy atom. The van der Waals surface area contributed by atoms with E-state index in [1.807, 2.05) is 48.4 Å². The molecule has 0 unspecified atom stereocenters. The second-order valence-corrected chi connectivity index (χ2v) is 6.93. The Bertz CT molecular complexity index is 871. The number of hydrogen-bond donors (Lipinski definition) is 2. The predicted molar refractivity (Wildman–Crippen MR) is 103 cm³/mol. The third-order valence-electron chi connectivity index (χ3n) is 3.54. The highest BCUT2D eigenvalue weighted by Crippen LogP contribution is 2.38. The van der Waals surface area contributed by atoms with Gasteiger partial charge in [-0.3, -0.25) is 0 Å². The Morgan fingerprint density at radius 1 is 1.27 bits per heavy atom. The third kappa shape index (κ3) is 4.80. The van der Waals surface area contributed by atoms with E-state index in [2.05, 4.69) is 0 Å². The maximum absolute atomic E-state index is 11.8. The van der Waals surface area contributed by atoms with Crippen LogP contribution in [0.1, 0.15) is 6.92 Å². The summed E-state index contributed by atoms with van der Waals surface area (Å²) >= 11 is 1.38. The smallest absolute Gasteiger partial charge is 0.331 e. The van der Waals surface area contributed by atoms with Gasteiger partial charge in [0, 0.05) is 18.3 Å². The van der Waals surface area contributed by atoms with Crippen molar-refractivity contribution in [3.8, 4) is 5.75 Å². The molecular weight excluding hydrogens is 374 g/mol. The summed E-state index contributed by atoms with van der Waals surface area (Å²) in [4.78, 5) is 13.3. The van der Waals surface area contributed by atoms with Crippen LogP contribution in [0.2, 0.25) is 0 Å². The highest BCUT2D eigenvalue weighted by Gasteiger charge is 2.18. The average Bonchev–Trinajstić information content (AvgIpc) is 2.63. The summed E-state index contributed by atoms with van der Waals surface area (Å²) in [6, 6.07) is 12.6. The summed E-state index contributed by atoms with van der Waals surface area (Å²) in [6.07, 6.45) is 3.70. The van der Waals surface area contributed by atoms with E-state index in [9.17, 15) is 13.2 Å². The van der Waals surface area contributed by atoms with E-state index >= 15 is 0 Å². The van der Waals surface area contributed by atoms with E-state index in [-0.39, 0.29) is 10.6 Å². The van der Waals surface area contributed by atoms with Gasteiger partial charge in [-0.05, 0) is 31.4 Å². The number of carboxylic acids is 1. The molecule has 0 spiro atoms. The van der Waals surface area contributed by atoms with Crippen molar-refractivity contribution in [2.75, 3.05) is 17.7 Å². The van der Waals surface area contributed by atoms with Crippen molar-refractivity contribution in [2.45, 2.75) is 16.7 Å². The minimum absolute atomic E-state index is 0.113. The van der Waals surface area contributed by atoms with Crippen molar-refractivity contribution in [2.24, 2.45) is 0 Å². The monoisotopic (exact) mass is 393 g/mol. The molecule has 138 valence electrons. The standard InChI is InChI=1S/C18H19NO5S2/c1-3-19(13-7-5-4-6-8-13)14-11-16(25-2)15(12-17(14)26(22)23)24-10-9-18(20)21/h4-12,26H,3H2,1-2H3,(H,20,21)/b10-9+. The van der Waals surface area contributed by atoms with E-state index in [1.165, 1.54) is 17.8 Å². The van der Waals surface area contributed by atoms with Crippen molar-refractivity contribution in [1.29, 1.82) is 0 Å². The summed E-state index contributed by atoms with van der Waals surface area (Å²) in [5.41, 5.74) is 1.42. The molecule has 0 saturated carbocycles. The Hall–Kier alpha value is -2.45. The molecule has 0 aromatic heterocycles. The van der Waals surface area contributed by atoms with E-state index < -0.39 is 16.7 Å². The molecule has 6 nitrogen and oxygen atoms in total. The zero-order valence-corrected chi connectivity index (χ0v) is 16.0. The van der Waals surface area contributed by atoms with Crippen LogP contribution in [-0.4, -0.2) is 32.3 Å². The van der Waals surface area contributed by atoms with Crippen LogP contribution in [0.5, 0.6) is 5.75 Å². The Labute approximate surface area is 158 Å². The first-order chi connectivity index (χ1) is 12.5. The average molecular weight is 393 g/mol. The van der Waals surface area contributed by atoms with Crippen molar-refractivity contribution in [3.05, 3.63) is 54.8 Å². The van der Waals surface area contributed by atoms with Crippen LogP contribution >= 0.6 is 11.8 Å². The van der Waals surface area contributed by atoms with Crippen LogP contribution in [0.25, 0.3) is 0 Å². The highest BCUT2D eigenvalue weighted by atomic mass is 32.2. The fraction of sp³-hybridized carbons (Fsp3) is 0.167. The Balaban J connectivity index is 2.56. The van der Waals surface area contributed by atoms with Gasteiger partial charge in [0.25, 0.3) is 0 Å². The number of thiol groups is 1. The molecule has 2 aromatic carbocycles. The van der Waals surface area contributed by atoms with Gasteiger partial charge in [-0.25, -0.2) is 13.2 Å². The van der Waals surface area contributed by atoms with Gasteiger partial charge in [0.1, 0.15) is 5.75 Å². The fourth-order valence-corrected chi connectivity index (χ4v) is 3.55. The van der Waals surface area contributed by atoms with Gasteiger partial charge in [-0.1, -0.05) is 18.2 Å². The predicted octanol–water partition coefficient (Wildman–Crippen LogP) is 3.51. The number of carboxylic acid groups (broad SMARTS) is 1. The van der Waals surface area contributed by atoms with Crippen molar-refractivity contribution < 1.29 is 23.1 Å². The van der Waals surface area contributed by atoms with Gasteiger partial charge >= 0.3 is 5.97 Å². The van der Waals surface area contributed by atoms with Gasteiger partial charge in [0.2, 0.25) is 0 Å². The quantitative estimate of drug-likeness (QED) is 0.307. The SMILES string of the molecule is CCN(c1ccccc1)c1cc(SC)c(O/C=C/C(=O)O)cc1[SH](=O)=O. The number of anilines is 2. The van der Waals surface area contributed by atoms with Crippen LogP contribution in [0, 0.1) is 0 Å². The summed E-state index contributed by atoms with van der Waals surface area (Å²) in [5, 5.41) is 8.66. The van der Waals surface area contributed by atoms with Crippen LogP contribution in [-0.2, 0) is 15.5 Å². The topological polar surface area (TPSA) is 83.9 Å². The molecule has 8 heteroatoms. The van der Waals surface area contributed by atoms with E-state index in [0.29, 0.717) is 17.1 Å². The van der Waals surface area contributed by atoms with Crippen LogP contribution in [0.4, 0.5) is 11.4 Å². The minimum Gasteiger partial charge on any atom is -0.478 e. The Morgan fingerprint density at radius 2 is 1.96 bits per heavy atom. The number of aliphatic carboxylic acids is 1. The summed E-state index contributed by atoms with van der Waals surface area (Å²) < 4.78 is 29.0. The number of hydrogen-bond acceptors (Lipinski definition) is 6. The van der Waals surface area contributed by atoms with Gasteiger partial charge < -0.3 is 14.7 Å². The lowest BCUT2D eigenvalue weighted by Crippen LogP contribution is -2.17. The van der Waals surface area contributed by atoms with Crippen molar-refractivity contribution >= 4 is 39.8 Å². The maximum Gasteiger partial charge on any atom is 0.331 e. The largest absolute Gasteiger partial charge is 0.478 e. The van der Waals surface area contributed by atoms with E-state index in [1.54, 1.807) is 6.07 Å². The molecule has 0 radical (unpaired) electrons. The summed E-state index contributed by atoms with van der Waals surface area (Å²) in [5.74, 6) is -0.860. The van der Waals surface area contributed by atoms with Crippen LogP contribution in [0.15, 0.2) is 64.6 Å². The zero-order chi connectivity index (χ0) is 19.1. The number of benzene rings is 2. The minimum atomic E-state index is -2.88. The molecular formula is C18H19NO5S2. The first-order valence-electron chi connectivity index (χ1n) is 7.73. The second kappa shape index (κ2) is 9.30. The second-order valence-electron chi connectivity index (χ2n) is 5.09. The van der Waals surface area contributed by atoms with Gasteiger partial charge in [-0.15, -0.1) is 11.8 Å². The fourth-order valence-electron chi connectivity index (χ4n) is 2.42. The number of ether oxygens (including phenoxy) is 1. The number of carbonyl (C=O) groups is 1.